The summed E-state index contributed by atoms with van der Waals surface area (Å²) in [5, 5.41) is 1.11. The SMILES string of the molecule is CCCC(C)COC(=O)[C@H](N)Cc1c[nH]c2ccccc12. The number of rotatable bonds is 7. The molecule has 0 fully saturated rings. The summed E-state index contributed by atoms with van der Waals surface area (Å²) in [6.45, 7) is 4.66. The maximum atomic E-state index is 12.0. The predicted octanol–water partition coefficient (Wildman–Crippen LogP) is 3.02. The van der Waals surface area contributed by atoms with Crippen molar-refractivity contribution in [2.24, 2.45) is 11.7 Å². The Balaban J connectivity index is 1.91. The topological polar surface area (TPSA) is 68.1 Å². The molecule has 0 aliphatic carbocycles. The fourth-order valence-corrected chi connectivity index (χ4v) is 2.53. The zero-order valence-electron chi connectivity index (χ0n) is 12.8. The average Bonchev–Trinajstić information content (AvgIpc) is 2.88. The van der Waals surface area contributed by atoms with E-state index >= 15 is 0 Å². The smallest absolute Gasteiger partial charge is 0.323 e. The largest absolute Gasteiger partial charge is 0.464 e. The Morgan fingerprint density at radius 2 is 2.14 bits per heavy atom. The van der Waals surface area contributed by atoms with Crippen LogP contribution in [0.25, 0.3) is 10.9 Å². The number of benzene rings is 1. The average molecular weight is 288 g/mol. The number of esters is 1. The van der Waals surface area contributed by atoms with E-state index in [0.717, 1.165) is 29.3 Å². The molecule has 1 heterocycles. The lowest BCUT2D eigenvalue weighted by atomic mass is 10.1. The van der Waals surface area contributed by atoms with E-state index in [1.165, 1.54) is 0 Å². The molecule has 21 heavy (non-hydrogen) atoms. The number of fused-ring (bicyclic) bond motifs is 1. The molecule has 114 valence electrons. The van der Waals surface area contributed by atoms with Crippen LogP contribution < -0.4 is 5.73 Å². The van der Waals surface area contributed by atoms with E-state index in [1.54, 1.807) is 0 Å². The highest BCUT2D eigenvalue weighted by molar-refractivity contribution is 5.84. The van der Waals surface area contributed by atoms with Crippen LogP contribution in [-0.4, -0.2) is 23.6 Å². The van der Waals surface area contributed by atoms with Gasteiger partial charge in [-0.3, -0.25) is 4.79 Å². The zero-order valence-corrected chi connectivity index (χ0v) is 12.8. The molecule has 0 bridgehead atoms. The molecule has 2 atom stereocenters. The van der Waals surface area contributed by atoms with Gasteiger partial charge in [-0.25, -0.2) is 0 Å². The number of carbonyl (C=O) groups excluding carboxylic acids is 1. The van der Waals surface area contributed by atoms with Crippen LogP contribution in [0.15, 0.2) is 30.5 Å². The van der Waals surface area contributed by atoms with Crippen LogP contribution in [0.2, 0.25) is 0 Å². The van der Waals surface area contributed by atoms with Crippen molar-refractivity contribution < 1.29 is 9.53 Å². The van der Waals surface area contributed by atoms with Crippen molar-refractivity contribution in [2.45, 2.75) is 39.2 Å². The van der Waals surface area contributed by atoms with E-state index < -0.39 is 6.04 Å². The van der Waals surface area contributed by atoms with Gasteiger partial charge >= 0.3 is 5.97 Å². The van der Waals surface area contributed by atoms with Gasteiger partial charge in [-0.1, -0.05) is 38.5 Å². The Labute approximate surface area is 125 Å². The first-order valence-corrected chi connectivity index (χ1v) is 7.59. The van der Waals surface area contributed by atoms with Crippen molar-refractivity contribution in [2.75, 3.05) is 6.61 Å². The third kappa shape index (κ3) is 4.08. The van der Waals surface area contributed by atoms with Gasteiger partial charge in [0.25, 0.3) is 0 Å². The summed E-state index contributed by atoms with van der Waals surface area (Å²) >= 11 is 0. The number of ether oxygens (including phenoxy) is 1. The summed E-state index contributed by atoms with van der Waals surface area (Å²) in [7, 11) is 0. The zero-order chi connectivity index (χ0) is 15.2. The lowest BCUT2D eigenvalue weighted by molar-refractivity contribution is -0.146. The molecule has 2 aromatic rings. The van der Waals surface area contributed by atoms with Crippen molar-refractivity contribution in [3.8, 4) is 0 Å². The fourth-order valence-electron chi connectivity index (χ4n) is 2.53. The van der Waals surface area contributed by atoms with Crippen molar-refractivity contribution in [1.82, 2.24) is 4.98 Å². The standard InChI is InChI=1S/C17H24N2O2/c1-3-6-12(2)11-21-17(20)15(18)9-13-10-19-16-8-5-4-7-14(13)16/h4-5,7-8,10,12,15,19H,3,6,9,11,18H2,1-2H3/t12?,15-/m1/s1. The van der Waals surface area contributed by atoms with Gasteiger partial charge in [-0.15, -0.1) is 0 Å². The second-order valence-electron chi connectivity index (χ2n) is 5.69. The number of aromatic amines is 1. The lowest BCUT2D eigenvalue weighted by Crippen LogP contribution is -2.35. The second kappa shape index (κ2) is 7.27. The van der Waals surface area contributed by atoms with E-state index in [-0.39, 0.29) is 5.97 Å². The number of para-hydroxylation sites is 1. The number of hydrogen-bond acceptors (Lipinski definition) is 3. The van der Waals surface area contributed by atoms with Crippen LogP contribution in [0.5, 0.6) is 0 Å². The summed E-state index contributed by atoms with van der Waals surface area (Å²) in [5.74, 6) is 0.0717. The second-order valence-corrected chi connectivity index (χ2v) is 5.69. The molecule has 0 saturated heterocycles. The minimum atomic E-state index is -0.613. The predicted molar refractivity (Wildman–Crippen MR) is 85.0 cm³/mol. The van der Waals surface area contributed by atoms with Gasteiger partial charge in [0, 0.05) is 23.5 Å². The number of H-pyrrole nitrogens is 1. The summed E-state index contributed by atoms with van der Waals surface area (Å²) in [6, 6.07) is 7.39. The molecule has 0 amide bonds. The summed E-state index contributed by atoms with van der Waals surface area (Å²) < 4.78 is 5.30. The first kappa shape index (κ1) is 15.6. The first-order chi connectivity index (χ1) is 10.1. The van der Waals surface area contributed by atoms with Gasteiger partial charge in [0.15, 0.2) is 0 Å². The van der Waals surface area contributed by atoms with Gasteiger partial charge in [0.05, 0.1) is 6.61 Å². The highest BCUT2D eigenvalue weighted by Gasteiger charge is 2.18. The maximum Gasteiger partial charge on any atom is 0.323 e. The number of nitrogens with one attached hydrogen (secondary N) is 1. The van der Waals surface area contributed by atoms with Crippen LogP contribution in [-0.2, 0) is 16.0 Å². The van der Waals surface area contributed by atoms with E-state index in [9.17, 15) is 4.79 Å². The van der Waals surface area contributed by atoms with E-state index in [1.807, 2.05) is 30.5 Å². The van der Waals surface area contributed by atoms with Crippen LogP contribution in [0.3, 0.4) is 0 Å². The normalized spacial score (nSPS) is 14.0. The van der Waals surface area contributed by atoms with Gasteiger partial charge < -0.3 is 15.5 Å². The van der Waals surface area contributed by atoms with Gasteiger partial charge in [-0.2, -0.15) is 0 Å². The molecule has 0 aliphatic rings. The van der Waals surface area contributed by atoms with Crippen molar-refractivity contribution in [3.05, 3.63) is 36.0 Å². The molecule has 1 aromatic heterocycles. The number of hydrogen-bond donors (Lipinski definition) is 2. The molecule has 0 spiro atoms. The highest BCUT2D eigenvalue weighted by atomic mass is 16.5. The third-order valence-electron chi connectivity index (χ3n) is 3.71. The van der Waals surface area contributed by atoms with Crippen molar-refractivity contribution >= 4 is 16.9 Å². The fraction of sp³-hybridized carbons (Fsp3) is 0.471. The van der Waals surface area contributed by atoms with Crippen LogP contribution in [0, 0.1) is 5.92 Å². The Kier molecular flexibility index (Phi) is 5.39. The molecular formula is C17H24N2O2. The maximum absolute atomic E-state index is 12.0. The van der Waals surface area contributed by atoms with E-state index in [0.29, 0.717) is 18.9 Å². The summed E-state index contributed by atoms with van der Waals surface area (Å²) in [6.07, 6.45) is 4.56. The molecule has 0 saturated carbocycles. The molecule has 0 radical (unpaired) electrons. The summed E-state index contributed by atoms with van der Waals surface area (Å²) in [4.78, 5) is 15.1. The van der Waals surface area contributed by atoms with Crippen LogP contribution >= 0.6 is 0 Å². The number of carbonyl (C=O) groups is 1. The molecule has 4 heteroatoms. The van der Waals surface area contributed by atoms with E-state index in [4.69, 9.17) is 10.5 Å². The molecule has 2 rings (SSSR count). The minimum absolute atomic E-state index is 0.316. The Hall–Kier alpha value is -1.81. The van der Waals surface area contributed by atoms with Gasteiger partial charge in [0.1, 0.15) is 6.04 Å². The van der Waals surface area contributed by atoms with Gasteiger partial charge in [-0.05, 0) is 24.0 Å². The molecule has 0 aliphatic heterocycles. The molecular weight excluding hydrogens is 264 g/mol. The van der Waals surface area contributed by atoms with Crippen LogP contribution in [0.4, 0.5) is 0 Å². The van der Waals surface area contributed by atoms with Crippen molar-refractivity contribution in [1.29, 1.82) is 0 Å². The Morgan fingerprint density at radius 1 is 1.38 bits per heavy atom. The third-order valence-corrected chi connectivity index (χ3v) is 3.71. The molecule has 1 unspecified atom stereocenters. The number of aromatic nitrogens is 1. The lowest BCUT2D eigenvalue weighted by Gasteiger charge is -2.14. The highest BCUT2D eigenvalue weighted by Crippen LogP contribution is 2.19. The first-order valence-electron chi connectivity index (χ1n) is 7.59. The van der Waals surface area contributed by atoms with Crippen LogP contribution in [0.1, 0.15) is 32.3 Å². The minimum Gasteiger partial charge on any atom is -0.464 e. The Bertz CT molecular complexity index is 591. The number of nitrogens with two attached hydrogens (primary N) is 1. The van der Waals surface area contributed by atoms with Crippen molar-refractivity contribution in [3.63, 3.8) is 0 Å². The monoisotopic (exact) mass is 288 g/mol. The van der Waals surface area contributed by atoms with Gasteiger partial charge in [0.2, 0.25) is 0 Å². The summed E-state index contributed by atoms with van der Waals surface area (Å²) in [5.41, 5.74) is 8.08. The Morgan fingerprint density at radius 3 is 2.90 bits per heavy atom. The molecule has 4 nitrogen and oxygen atoms in total. The van der Waals surface area contributed by atoms with E-state index in [2.05, 4.69) is 18.8 Å². The molecule has 1 aromatic carbocycles. The quantitative estimate of drug-likeness (QED) is 0.769. The molecule has 3 N–H and O–H groups in total.